The van der Waals surface area contributed by atoms with Crippen LogP contribution < -0.4 is 0 Å². The molecule has 6 heteroatoms. The minimum atomic E-state index is 0.168. The van der Waals surface area contributed by atoms with Gasteiger partial charge in [-0.25, -0.2) is 0 Å². The Labute approximate surface area is 174 Å². The van der Waals surface area contributed by atoms with E-state index in [1.54, 1.807) is 0 Å². The van der Waals surface area contributed by atoms with Gasteiger partial charge in [-0.05, 0) is 43.3 Å². The van der Waals surface area contributed by atoms with E-state index in [1.807, 2.05) is 4.90 Å². The first-order valence-electron chi connectivity index (χ1n) is 11.2. The third-order valence-electron chi connectivity index (χ3n) is 6.98. The highest BCUT2D eigenvalue weighted by atomic mass is 16.5. The van der Waals surface area contributed by atoms with Crippen LogP contribution in [0.15, 0.2) is 30.3 Å². The number of carbonyl (C=O) groups is 1. The highest BCUT2D eigenvalue weighted by molar-refractivity contribution is 5.78. The minimum Gasteiger partial charge on any atom is -0.396 e. The summed E-state index contributed by atoms with van der Waals surface area (Å²) >= 11 is 0. The van der Waals surface area contributed by atoms with Crippen LogP contribution in [0.4, 0.5) is 0 Å². The predicted octanol–water partition coefficient (Wildman–Crippen LogP) is 1.27. The first-order valence-corrected chi connectivity index (χ1v) is 11.2. The van der Waals surface area contributed by atoms with Crippen molar-refractivity contribution in [2.24, 2.45) is 11.8 Å². The minimum absolute atomic E-state index is 0.168. The molecule has 0 bridgehead atoms. The Morgan fingerprint density at radius 1 is 0.966 bits per heavy atom. The number of ether oxygens (including phenoxy) is 1. The lowest BCUT2D eigenvalue weighted by Crippen LogP contribution is -2.43. The Morgan fingerprint density at radius 2 is 1.66 bits per heavy atom. The van der Waals surface area contributed by atoms with Crippen molar-refractivity contribution >= 4 is 5.91 Å². The van der Waals surface area contributed by atoms with E-state index in [4.69, 9.17) is 4.74 Å². The number of hydrogen-bond donors (Lipinski definition) is 1. The van der Waals surface area contributed by atoms with E-state index in [0.717, 1.165) is 65.3 Å². The van der Waals surface area contributed by atoms with Gasteiger partial charge < -0.3 is 14.7 Å². The second kappa shape index (κ2) is 10.0. The highest BCUT2D eigenvalue weighted by Gasteiger charge is 2.36. The van der Waals surface area contributed by atoms with Crippen molar-refractivity contribution in [3.05, 3.63) is 35.9 Å². The van der Waals surface area contributed by atoms with Crippen molar-refractivity contribution in [2.75, 3.05) is 72.2 Å². The fraction of sp³-hybridized carbons (Fsp3) is 0.696. The second-order valence-corrected chi connectivity index (χ2v) is 8.88. The molecule has 3 heterocycles. The molecule has 160 valence electrons. The largest absolute Gasteiger partial charge is 0.396 e. The zero-order chi connectivity index (χ0) is 20.1. The van der Waals surface area contributed by atoms with Crippen LogP contribution in [0.1, 0.15) is 24.3 Å². The van der Waals surface area contributed by atoms with Gasteiger partial charge in [0.25, 0.3) is 0 Å². The Kier molecular flexibility index (Phi) is 7.19. The van der Waals surface area contributed by atoms with Gasteiger partial charge in [0.05, 0.1) is 19.8 Å². The summed E-state index contributed by atoms with van der Waals surface area (Å²) in [5.41, 5.74) is 1.43. The molecule has 0 saturated carbocycles. The smallest absolute Gasteiger partial charge is 0.236 e. The molecule has 4 rings (SSSR count). The van der Waals surface area contributed by atoms with Gasteiger partial charge in [0, 0.05) is 45.2 Å². The SMILES string of the molecule is O=C(CN1CCC(c2ccccc2)CC1)N1C[C@@H](CN2CCOCC2)[C@@H](CO)C1. The topological polar surface area (TPSA) is 56.3 Å². The number of carbonyl (C=O) groups excluding carboxylic acids is 1. The lowest BCUT2D eigenvalue weighted by Gasteiger charge is -2.33. The second-order valence-electron chi connectivity index (χ2n) is 8.88. The zero-order valence-electron chi connectivity index (χ0n) is 17.4. The summed E-state index contributed by atoms with van der Waals surface area (Å²) in [6.45, 7) is 8.59. The van der Waals surface area contributed by atoms with Crippen LogP contribution in [-0.2, 0) is 9.53 Å². The van der Waals surface area contributed by atoms with Gasteiger partial charge in [-0.2, -0.15) is 0 Å². The number of aliphatic hydroxyl groups excluding tert-OH is 1. The van der Waals surface area contributed by atoms with Crippen molar-refractivity contribution < 1.29 is 14.6 Å². The first-order chi connectivity index (χ1) is 14.2. The van der Waals surface area contributed by atoms with Gasteiger partial charge in [0.1, 0.15) is 0 Å². The molecule has 3 aliphatic rings. The molecular weight excluding hydrogens is 366 g/mol. The number of nitrogens with zero attached hydrogens (tertiary/aromatic N) is 3. The lowest BCUT2D eigenvalue weighted by molar-refractivity contribution is -0.132. The number of hydrogen-bond acceptors (Lipinski definition) is 5. The van der Waals surface area contributed by atoms with Crippen LogP contribution in [0.3, 0.4) is 0 Å². The number of rotatable bonds is 6. The average Bonchev–Trinajstić information content (AvgIpc) is 3.18. The summed E-state index contributed by atoms with van der Waals surface area (Å²) in [7, 11) is 0. The molecule has 0 aliphatic carbocycles. The number of likely N-dealkylation sites (tertiary alicyclic amines) is 2. The molecule has 29 heavy (non-hydrogen) atoms. The highest BCUT2D eigenvalue weighted by Crippen LogP contribution is 2.28. The lowest BCUT2D eigenvalue weighted by atomic mass is 9.89. The van der Waals surface area contributed by atoms with Crippen molar-refractivity contribution in [1.29, 1.82) is 0 Å². The summed E-state index contributed by atoms with van der Waals surface area (Å²) in [6, 6.07) is 10.7. The van der Waals surface area contributed by atoms with Gasteiger partial charge in [-0.3, -0.25) is 14.6 Å². The molecule has 6 nitrogen and oxygen atoms in total. The molecule has 0 spiro atoms. The van der Waals surface area contributed by atoms with Crippen LogP contribution in [0.2, 0.25) is 0 Å². The third-order valence-corrected chi connectivity index (χ3v) is 6.98. The summed E-state index contributed by atoms with van der Waals surface area (Å²) in [5.74, 6) is 1.41. The van der Waals surface area contributed by atoms with Gasteiger partial charge in [0.15, 0.2) is 0 Å². The van der Waals surface area contributed by atoms with Crippen LogP contribution in [0, 0.1) is 11.8 Å². The Morgan fingerprint density at radius 3 is 2.34 bits per heavy atom. The Balaban J connectivity index is 1.24. The van der Waals surface area contributed by atoms with Crippen LogP contribution in [-0.4, -0.2) is 97.9 Å². The maximum atomic E-state index is 12.9. The van der Waals surface area contributed by atoms with Crippen LogP contribution in [0.5, 0.6) is 0 Å². The molecule has 3 saturated heterocycles. The van der Waals surface area contributed by atoms with E-state index in [9.17, 15) is 9.90 Å². The number of morpholine rings is 1. The molecule has 1 aromatic carbocycles. The molecule has 2 atom stereocenters. The monoisotopic (exact) mass is 401 g/mol. The standard InChI is InChI=1S/C23H35N3O3/c27-18-22-16-26(15-21(22)14-25-10-12-29-13-11-25)23(28)17-24-8-6-20(7-9-24)19-4-2-1-3-5-19/h1-5,20-22,27H,6-18H2/t21-,22-/m1/s1. The van der Waals surface area contributed by atoms with Crippen molar-refractivity contribution in [1.82, 2.24) is 14.7 Å². The van der Waals surface area contributed by atoms with E-state index in [1.165, 1.54) is 5.56 Å². The van der Waals surface area contributed by atoms with Gasteiger partial charge >= 0.3 is 0 Å². The number of amides is 1. The molecule has 1 aromatic rings. The van der Waals surface area contributed by atoms with Crippen LogP contribution >= 0.6 is 0 Å². The summed E-state index contributed by atoms with van der Waals surface area (Å²) in [4.78, 5) is 19.7. The molecule has 1 N–H and O–H groups in total. The van der Waals surface area contributed by atoms with Gasteiger partial charge in [-0.15, -0.1) is 0 Å². The van der Waals surface area contributed by atoms with Gasteiger partial charge in [0.2, 0.25) is 5.91 Å². The van der Waals surface area contributed by atoms with E-state index in [-0.39, 0.29) is 18.4 Å². The predicted molar refractivity (Wildman–Crippen MR) is 113 cm³/mol. The molecule has 3 aliphatic heterocycles. The third kappa shape index (κ3) is 5.37. The molecule has 0 unspecified atom stereocenters. The summed E-state index contributed by atoms with van der Waals surface area (Å²) < 4.78 is 5.44. The molecule has 0 radical (unpaired) electrons. The number of benzene rings is 1. The molecular formula is C23H35N3O3. The van der Waals surface area contributed by atoms with E-state index >= 15 is 0 Å². The van der Waals surface area contributed by atoms with E-state index < -0.39 is 0 Å². The molecule has 3 fully saturated rings. The fourth-order valence-electron chi connectivity index (χ4n) is 5.11. The molecule has 1 amide bonds. The molecule has 0 aromatic heterocycles. The first kappa shape index (κ1) is 20.8. The maximum absolute atomic E-state index is 12.9. The van der Waals surface area contributed by atoms with E-state index in [2.05, 4.69) is 40.1 Å². The summed E-state index contributed by atoms with van der Waals surface area (Å²) in [6.07, 6.45) is 2.24. The van der Waals surface area contributed by atoms with E-state index in [0.29, 0.717) is 24.9 Å². The van der Waals surface area contributed by atoms with Crippen LogP contribution in [0.25, 0.3) is 0 Å². The number of aliphatic hydroxyl groups is 1. The fourth-order valence-corrected chi connectivity index (χ4v) is 5.11. The maximum Gasteiger partial charge on any atom is 0.236 e. The summed E-state index contributed by atoms with van der Waals surface area (Å²) in [5, 5.41) is 9.83. The zero-order valence-corrected chi connectivity index (χ0v) is 17.4. The van der Waals surface area contributed by atoms with Crippen molar-refractivity contribution in [2.45, 2.75) is 18.8 Å². The van der Waals surface area contributed by atoms with Crippen molar-refractivity contribution in [3.8, 4) is 0 Å². The Hall–Kier alpha value is -1.47. The normalized spacial score (nSPS) is 27.4. The van der Waals surface area contributed by atoms with Gasteiger partial charge in [-0.1, -0.05) is 30.3 Å². The van der Waals surface area contributed by atoms with Crippen molar-refractivity contribution in [3.63, 3.8) is 0 Å². The Bertz CT molecular complexity index is 642. The average molecular weight is 402 g/mol. The number of piperidine rings is 1. The quantitative estimate of drug-likeness (QED) is 0.778.